The molecule has 0 spiro atoms. The number of rotatable bonds is 2. The van der Waals surface area contributed by atoms with Crippen LogP contribution in [0.2, 0.25) is 0 Å². The van der Waals surface area contributed by atoms with Gasteiger partial charge in [-0.25, -0.2) is 0 Å². The van der Waals surface area contributed by atoms with E-state index in [1.165, 1.54) is 11.1 Å². The highest BCUT2D eigenvalue weighted by Gasteiger charge is 2.36. The third-order valence-electron chi connectivity index (χ3n) is 4.23. The molecule has 1 aromatic rings. The Morgan fingerprint density at radius 3 is 2.56 bits per heavy atom. The van der Waals surface area contributed by atoms with Crippen molar-refractivity contribution in [3.8, 4) is 0 Å². The average molecular weight is 216 g/mol. The third-order valence-corrected chi connectivity index (χ3v) is 4.23. The molecule has 0 bridgehead atoms. The van der Waals surface area contributed by atoms with Crippen LogP contribution < -0.4 is 0 Å². The van der Waals surface area contributed by atoms with E-state index < -0.39 is 0 Å². The van der Waals surface area contributed by atoms with Gasteiger partial charge in [-0.2, -0.15) is 0 Å². The third kappa shape index (κ3) is 1.59. The summed E-state index contributed by atoms with van der Waals surface area (Å²) in [5, 5.41) is 0. The van der Waals surface area contributed by atoms with Gasteiger partial charge in [-0.3, -0.25) is 4.79 Å². The fourth-order valence-electron chi connectivity index (χ4n) is 2.95. The van der Waals surface area contributed by atoms with Crippen molar-refractivity contribution in [1.82, 2.24) is 0 Å². The van der Waals surface area contributed by atoms with Gasteiger partial charge in [0.05, 0.1) is 0 Å². The number of hydrogen-bond donors (Lipinski definition) is 0. The zero-order valence-corrected chi connectivity index (χ0v) is 10.5. The summed E-state index contributed by atoms with van der Waals surface area (Å²) < 4.78 is 0. The molecule has 1 aromatic carbocycles. The summed E-state index contributed by atoms with van der Waals surface area (Å²) in [7, 11) is 0. The SMILES string of the molecule is CCC1(CC)CCC(=O)c2ccc(C)cc21. The second-order valence-corrected chi connectivity index (χ2v) is 4.96. The topological polar surface area (TPSA) is 17.1 Å². The highest BCUT2D eigenvalue weighted by atomic mass is 16.1. The Kier molecular flexibility index (Phi) is 2.88. The lowest BCUT2D eigenvalue weighted by molar-refractivity contribution is 0.0948. The highest BCUT2D eigenvalue weighted by molar-refractivity contribution is 5.99. The van der Waals surface area contributed by atoms with Crippen molar-refractivity contribution < 1.29 is 4.79 Å². The van der Waals surface area contributed by atoms with Gasteiger partial charge in [0.15, 0.2) is 5.78 Å². The Balaban J connectivity index is 2.62. The average Bonchev–Trinajstić information content (AvgIpc) is 2.30. The van der Waals surface area contributed by atoms with Crippen LogP contribution >= 0.6 is 0 Å². The van der Waals surface area contributed by atoms with Crippen LogP contribution in [0.1, 0.15) is 61.0 Å². The Morgan fingerprint density at radius 1 is 1.25 bits per heavy atom. The standard InChI is InChI=1S/C15H20O/c1-4-15(5-2)9-8-14(16)12-7-6-11(3)10-13(12)15/h6-7,10H,4-5,8-9H2,1-3H3. The minimum Gasteiger partial charge on any atom is -0.294 e. The van der Waals surface area contributed by atoms with Gasteiger partial charge >= 0.3 is 0 Å². The molecule has 16 heavy (non-hydrogen) atoms. The number of hydrogen-bond acceptors (Lipinski definition) is 1. The van der Waals surface area contributed by atoms with Crippen LogP contribution in [0.4, 0.5) is 0 Å². The highest BCUT2D eigenvalue weighted by Crippen LogP contribution is 2.42. The molecule has 0 N–H and O–H groups in total. The smallest absolute Gasteiger partial charge is 0.163 e. The van der Waals surface area contributed by atoms with Crippen molar-refractivity contribution in [2.75, 3.05) is 0 Å². The minimum atomic E-state index is 0.245. The van der Waals surface area contributed by atoms with E-state index in [4.69, 9.17) is 0 Å². The number of Topliss-reactive ketones (excluding diaryl/α,β-unsaturated/α-hetero) is 1. The van der Waals surface area contributed by atoms with Gasteiger partial charge in [-0.15, -0.1) is 0 Å². The molecule has 0 fully saturated rings. The number of carbonyl (C=O) groups is 1. The summed E-state index contributed by atoms with van der Waals surface area (Å²) in [4.78, 5) is 11.9. The predicted octanol–water partition coefficient (Wildman–Crippen LogP) is 4.03. The van der Waals surface area contributed by atoms with E-state index in [1.54, 1.807) is 0 Å². The van der Waals surface area contributed by atoms with Crippen LogP contribution in [-0.4, -0.2) is 5.78 Å². The molecule has 0 unspecified atom stereocenters. The molecular formula is C15H20O. The van der Waals surface area contributed by atoms with E-state index in [1.807, 2.05) is 6.07 Å². The largest absolute Gasteiger partial charge is 0.294 e. The number of carbonyl (C=O) groups excluding carboxylic acids is 1. The Hall–Kier alpha value is -1.11. The summed E-state index contributed by atoms with van der Waals surface area (Å²) >= 11 is 0. The summed E-state index contributed by atoms with van der Waals surface area (Å²) in [5.74, 6) is 0.326. The van der Waals surface area contributed by atoms with E-state index in [-0.39, 0.29) is 5.41 Å². The number of ketones is 1. The van der Waals surface area contributed by atoms with Gasteiger partial charge in [-0.05, 0) is 37.2 Å². The van der Waals surface area contributed by atoms with Crippen molar-refractivity contribution >= 4 is 5.78 Å². The molecule has 0 atom stereocenters. The fraction of sp³-hybridized carbons (Fsp3) is 0.533. The molecule has 0 heterocycles. The van der Waals surface area contributed by atoms with E-state index in [2.05, 4.69) is 32.9 Å². The first-order valence-electron chi connectivity index (χ1n) is 6.27. The van der Waals surface area contributed by atoms with Crippen LogP contribution in [0.3, 0.4) is 0 Å². The van der Waals surface area contributed by atoms with Crippen LogP contribution in [-0.2, 0) is 5.41 Å². The van der Waals surface area contributed by atoms with Crippen LogP contribution in [0, 0.1) is 6.92 Å². The van der Waals surface area contributed by atoms with Gasteiger partial charge in [0.25, 0.3) is 0 Å². The second kappa shape index (κ2) is 4.04. The maximum absolute atomic E-state index is 11.9. The minimum absolute atomic E-state index is 0.245. The molecule has 0 aliphatic heterocycles. The Bertz CT molecular complexity index is 413. The number of fused-ring (bicyclic) bond motifs is 1. The second-order valence-electron chi connectivity index (χ2n) is 4.96. The lowest BCUT2D eigenvalue weighted by atomic mass is 9.66. The quantitative estimate of drug-likeness (QED) is 0.729. The molecule has 1 aliphatic carbocycles. The van der Waals surface area contributed by atoms with E-state index in [9.17, 15) is 4.79 Å². The number of benzene rings is 1. The first kappa shape index (κ1) is 11.4. The normalized spacial score (nSPS) is 18.3. The molecule has 0 saturated heterocycles. The van der Waals surface area contributed by atoms with Crippen LogP contribution in [0.5, 0.6) is 0 Å². The van der Waals surface area contributed by atoms with Crippen molar-refractivity contribution in [2.24, 2.45) is 0 Å². The molecule has 2 rings (SSSR count). The molecule has 1 aliphatic rings. The summed E-state index contributed by atoms with van der Waals surface area (Å²) in [6.07, 6.45) is 4.01. The van der Waals surface area contributed by atoms with Crippen LogP contribution in [0.25, 0.3) is 0 Å². The lowest BCUT2D eigenvalue weighted by Crippen LogP contribution is -2.32. The van der Waals surface area contributed by atoms with Gasteiger partial charge in [0.2, 0.25) is 0 Å². The molecule has 0 aromatic heterocycles. The fourth-order valence-corrected chi connectivity index (χ4v) is 2.95. The lowest BCUT2D eigenvalue weighted by Gasteiger charge is -2.37. The molecule has 0 amide bonds. The van der Waals surface area contributed by atoms with Crippen molar-refractivity contribution in [1.29, 1.82) is 0 Å². The van der Waals surface area contributed by atoms with Gasteiger partial charge in [-0.1, -0.05) is 37.6 Å². The monoisotopic (exact) mass is 216 g/mol. The van der Waals surface area contributed by atoms with Gasteiger partial charge < -0.3 is 0 Å². The molecule has 0 saturated carbocycles. The predicted molar refractivity (Wildman–Crippen MR) is 67.0 cm³/mol. The Morgan fingerprint density at radius 2 is 1.94 bits per heavy atom. The summed E-state index contributed by atoms with van der Waals surface area (Å²) in [5.41, 5.74) is 3.78. The first-order valence-corrected chi connectivity index (χ1v) is 6.27. The van der Waals surface area contributed by atoms with E-state index >= 15 is 0 Å². The van der Waals surface area contributed by atoms with Gasteiger partial charge in [0.1, 0.15) is 0 Å². The summed E-state index contributed by atoms with van der Waals surface area (Å²) in [6, 6.07) is 6.30. The van der Waals surface area contributed by atoms with Crippen molar-refractivity contribution in [3.05, 3.63) is 34.9 Å². The summed E-state index contributed by atoms with van der Waals surface area (Å²) in [6.45, 7) is 6.59. The first-order chi connectivity index (χ1) is 7.63. The van der Waals surface area contributed by atoms with E-state index in [0.717, 1.165) is 31.2 Å². The van der Waals surface area contributed by atoms with E-state index in [0.29, 0.717) is 5.78 Å². The van der Waals surface area contributed by atoms with Crippen molar-refractivity contribution in [2.45, 2.75) is 51.9 Å². The van der Waals surface area contributed by atoms with Crippen molar-refractivity contribution in [3.63, 3.8) is 0 Å². The molecular weight excluding hydrogens is 196 g/mol. The maximum Gasteiger partial charge on any atom is 0.163 e. The molecule has 1 nitrogen and oxygen atoms in total. The Labute approximate surface area is 97.9 Å². The molecule has 1 heteroatoms. The van der Waals surface area contributed by atoms with Crippen LogP contribution in [0.15, 0.2) is 18.2 Å². The molecule has 0 radical (unpaired) electrons. The zero-order chi connectivity index (χ0) is 11.8. The maximum atomic E-state index is 11.9. The zero-order valence-electron chi connectivity index (χ0n) is 10.5. The number of aryl methyl sites for hydroxylation is 1. The van der Waals surface area contributed by atoms with Gasteiger partial charge in [0, 0.05) is 12.0 Å². The molecule has 86 valence electrons.